The van der Waals surface area contributed by atoms with Crippen molar-refractivity contribution in [3.8, 4) is 5.75 Å². The van der Waals surface area contributed by atoms with Crippen LogP contribution in [0.1, 0.15) is 153 Å². The highest BCUT2D eigenvalue weighted by Crippen LogP contribution is 2.39. The third-order valence-corrected chi connectivity index (χ3v) is 18.4. The van der Waals surface area contributed by atoms with Gasteiger partial charge in [-0.1, -0.05) is 82.2 Å². The van der Waals surface area contributed by atoms with E-state index in [2.05, 4.69) is 21.3 Å². The molecule has 0 spiro atoms. The molecule has 0 bridgehead atoms. The zero-order valence-corrected chi connectivity index (χ0v) is 57.8. The third-order valence-electron chi connectivity index (χ3n) is 18.4. The maximum Gasteiger partial charge on any atom is 0.329 e. The lowest BCUT2D eigenvalue weighted by Gasteiger charge is -2.36. The number of aromatic nitrogens is 2. The summed E-state index contributed by atoms with van der Waals surface area (Å²) < 4.78 is 12.1. The molecule has 10 atom stereocenters. The number of aromatic hydroxyl groups is 1. The molecular weight excluding hydrogens is 1210 g/mol. The number of esters is 2. The molecule has 5 N–H and O–H groups in total. The van der Waals surface area contributed by atoms with Gasteiger partial charge in [-0.05, 0) is 101 Å². The van der Waals surface area contributed by atoms with Gasteiger partial charge in [-0.25, -0.2) is 19.6 Å². The number of likely N-dealkylation sites (N-methyl/N-ethyl adjacent to an activating group) is 4. The monoisotopic (exact) mass is 1310 g/mol. The fourth-order valence-electron chi connectivity index (χ4n) is 13.1. The van der Waals surface area contributed by atoms with Crippen molar-refractivity contribution in [3.63, 3.8) is 0 Å². The molecule has 10 amide bonds. The molecule has 4 aliphatic heterocycles. The van der Waals surface area contributed by atoms with E-state index in [1.165, 1.54) is 67.7 Å². The number of carbonyl (C=O) groups is 12. The molecule has 0 radical (unpaired) electrons. The topological polar surface area (TPSA) is 337 Å². The summed E-state index contributed by atoms with van der Waals surface area (Å²) in [7, 11) is 5.67. The van der Waals surface area contributed by atoms with Gasteiger partial charge in [-0.15, -0.1) is 0 Å². The lowest BCUT2D eigenvalue weighted by molar-refractivity contribution is -0.163. The highest BCUT2D eigenvalue weighted by atomic mass is 16.6. The Morgan fingerprint density at radius 3 is 1.41 bits per heavy atom. The second-order valence-corrected chi connectivity index (χ2v) is 28.4. The predicted molar refractivity (Wildman–Crippen MR) is 346 cm³/mol. The normalized spacial score (nSPS) is 25.8. The number of nitrogens with one attached hydrogen (secondary N) is 4. The van der Waals surface area contributed by atoms with Crippen LogP contribution < -0.4 is 21.3 Å². The van der Waals surface area contributed by atoms with Gasteiger partial charge in [0.15, 0.2) is 0 Å². The summed E-state index contributed by atoms with van der Waals surface area (Å²) in [5.41, 5.74) is -0.578. The standard InChI is InChI=1S/C67H96N12O15/c1-31(2)46-63(89)78-26-20-22-41(78)61(87)74(16)29-43(80)76(18)54(33(5)6)65(91)93-37(11)50(59(85)70-46)72-57(83)39-25-24-35(9)48-52(39)69-53-45(40(28-67(13,14)15)56(82)36(10)49(53)68-48)58(84)73-51-38(12)94-66(92)55(34(7)8)77(19)44(81)30-75(17)62(88)42-23-21-27-79(42)64(90)47(32(3)4)71-60(51)86/h24-25,31-34,37-38,41-42,46-47,50-51,54-55,82H,20-23,26-30H2,1-19H3,(H,70,85)(H,71,86)(H,72,83)(H,73,84)/t37-,38-,41+,42+,46-,47-,50+,51+,54+,55+/m1/s1. The summed E-state index contributed by atoms with van der Waals surface area (Å²) in [5, 5.41) is 23.4. The highest BCUT2D eigenvalue weighted by molar-refractivity contribution is 6.13. The van der Waals surface area contributed by atoms with Crippen molar-refractivity contribution in [2.24, 2.45) is 29.1 Å². The van der Waals surface area contributed by atoms with Gasteiger partial charge in [-0.2, -0.15) is 0 Å². The number of hydrogen-bond donors (Lipinski definition) is 5. The number of aryl methyl sites for hydroxylation is 2. The number of ether oxygens (including phenoxy) is 2. The Hall–Kier alpha value is -8.52. The molecule has 1 aromatic heterocycles. The van der Waals surface area contributed by atoms with E-state index in [-0.39, 0.29) is 76.0 Å². The summed E-state index contributed by atoms with van der Waals surface area (Å²) in [6.07, 6.45) is -1.51. The van der Waals surface area contributed by atoms with Gasteiger partial charge in [0.25, 0.3) is 11.8 Å². The molecule has 2 aromatic carbocycles. The van der Waals surface area contributed by atoms with E-state index in [0.29, 0.717) is 24.8 Å². The number of phenols is 1. The molecule has 4 saturated heterocycles. The number of cyclic esters (lactones) is 2. The second kappa shape index (κ2) is 29.0. The van der Waals surface area contributed by atoms with Crippen molar-refractivity contribution in [3.05, 3.63) is 39.9 Å². The van der Waals surface area contributed by atoms with Crippen LogP contribution >= 0.6 is 0 Å². The van der Waals surface area contributed by atoms with E-state index in [1.807, 2.05) is 20.8 Å². The van der Waals surface area contributed by atoms with Crippen molar-refractivity contribution in [2.75, 3.05) is 54.4 Å². The molecule has 94 heavy (non-hydrogen) atoms. The van der Waals surface area contributed by atoms with Crippen LogP contribution in [-0.4, -0.2) is 230 Å². The van der Waals surface area contributed by atoms with Gasteiger partial charge in [-0.3, -0.25) is 47.9 Å². The number of carbonyl (C=O) groups excluding carboxylic acids is 12. The Morgan fingerprint density at radius 1 is 0.596 bits per heavy atom. The molecule has 27 nitrogen and oxygen atoms in total. The van der Waals surface area contributed by atoms with Crippen molar-refractivity contribution >= 4 is 93.1 Å². The average molecular weight is 1310 g/mol. The number of rotatable bonds is 9. The number of phenolic OH excluding ortho intramolecular Hbond substituents is 1. The van der Waals surface area contributed by atoms with Gasteiger partial charge in [0.1, 0.15) is 77.3 Å². The average Bonchev–Trinajstić information content (AvgIpc) is 1.07. The van der Waals surface area contributed by atoms with Crippen LogP contribution in [0, 0.1) is 42.9 Å². The molecule has 0 unspecified atom stereocenters. The van der Waals surface area contributed by atoms with E-state index in [0.717, 1.165) is 9.80 Å². The van der Waals surface area contributed by atoms with E-state index in [4.69, 9.17) is 19.4 Å². The molecule has 514 valence electrons. The van der Waals surface area contributed by atoms with E-state index < -0.39 is 174 Å². The molecule has 7 rings (SSSR count). The summed E-state index contributed by atoms with van der Waals surface area (Å²) >= 11 is 0. The molecule has 4 fully saturated rings. The first kappa shape index (κ1) is 72.9. The SMILES string of the molecule is Cc1ccc(C(=O)N[C@@H]2C(=O)N[C@H](C(C)C)C(=O)N3CCC[C@H]3C(=O)N(C)CC(=O)N(C)[C@@H](C(C)C)C(=O)O[C@@H]2C)c2nc3c(C(=O)N[C@@H]4C(=O)N[C@H](C(C)C)C(=O)N5CCC[C@H]5C(=O)N(C)CC(=O)N(C)[C@@H](C(C)C)C(=O)O[C@@H]4C)c(CC(C)(C)C)c(O)c(C)c3nc12. The van der Waals surface area contributed by atoms with Crippen LogP contribution in [-0.2, 0) is 63.8 Å². The summed E-state index contributed by atoms with van der Waals surface area (Å²) in [4.78, 5) is 193. The maximum atomic E-state index is 15.8. The Morgan fingerprint density at radius 2 is 1.01 bits per heavy atom. The van der Waals surface area contributed by atoms with Crippen LogP contribution in [0.5, 0.6) is 5.75 Å². The number of benzene rings is 2. The Kier molecular flexibility index (Phi) is 22.5. The number of amides is 10. The minimum absolute atomic E-state index is 0.00653. The van der Waals surface area contributed by atoms with Crippen molar-refractivity contribution in [1.29, 1.82) is 0 Å². The molecule has 27 heteroatoms. The maximum absolute atomic E-state index is 15.8. The zero-order valence-electron chi connectivity index (χ0n) is 57.8. The van der Waals surface area contributed by atoms with Crippen LogP contribution in [0.4, 0.5) is 0 Å². The first-order valence-electron chi connectivity index (χ1n) is 32.5. The largest absolute Gasteiger partial charge is 0.507 e. The van der Waals surface area contributed by atoms with Crippen LogP contribution in [0.3, 0.4) is 0 Å². The van der Waals surface area contributed by atoms with E-state index in [9.17, 15) is 48.3 Å². The lowest BCUT2D eigenvalue weighted by atomic mass is 9.84. The van der Waals surface area contributed by atoms with Crippen molar-refractivity contribution in [1.82, 2.24) is 60.6 Å². The molecule has 0 aliphatic carbocycles. The molecule has 0 saturated carbocycles. The first-order valence-corrected chi connectivity index (χ1v) is 32.5. The minimum Gasteiger partial charge on any atom is -0.507 e. The lowest BCUT2D eigenvalue weighted by Crippen LogP contribution is -2.61. The molecule has 5 heterocycles. The highest BCUT2D eigenvalue weighted by Gasteiger charge is 2.46. The van der Waals surface area contributed by atoms with Crippen molar-refractivity contribution in [2.45, 2.75) is 197 Å². The second-order valence-electron chi connectivity index (χ2n) is 28.4. The van der Waals surface area contributed by atoms with Gasteiger partial charge in [0.2, 0.25) is 47.3 Å². The van der Waals surface area contributed by atoms with E-state index in [1.54, 1.807) is 75.3 Å². The summed E-state index contributed by atoms with van der Waals surface area (Å²) in [6, 6.07) is -7.52. The van der Waals surface area contributed by atoms with Crippen LogP contribution in [0.15, 0.2) is 12.1 Å². The van der Waals surface area contributed by atoms with Gasteiger partial charge in [0.05, 0.1) is 35.2 Å². The Balaban J connectivity index is 1.38. The summed E-state index contributed by atoms with van der Waals surface area (Å²) in [6.45, 7) is 24.6. The Bertz CT molecular complexity index is 3530. The van der Waals surface area contributed by atoms with Gasteiger partial charge in [0, 0.05) is 52.4 Å². The Labute approximate surface area is 549 Å². The molecule has 4 aliphatic rings. The fraction of sp³-hybridized carbons (Fsp3) is 0.642. The zero-order chi connectivity index (χ0) is 70.2. The van der Waals surface area contributed by atoms with Crippen LogP contribution in [0.2, 0.25) is 0 Å². The number of nitrogens with zero attached hydrogens (tertiary/aromatic N) is 8. The predicted octanol–water partition coefficient (Wildman–Crippen LogP) is 2.93. The van der Waals surface area contributed by atoms with E-state index >= 15 is 14.4 Å². The van der Waals surface area contributed by atoms with Crippen LogP contribution in [0.25, 0.3) is 22.1 Å². The molecular formula is C67H96N12O15. The fourth-order valence-corrected chi connectivity index (χ4v) is 13.1. The van der Waals surface area contributed by atoms with Crippen molar-refractivity contribution < 1.29 is 72.1 Å². The van der Waals surface area contributed by atoms with Gasteiger partial charge >= 0.3 is 11.9 Å². The van der Waals surface area contributed by atoms with Gasteiger partial charge < -0.3 is 65.2 Å². The smallest absolute Gasteiger partial charge is 0.329 e. The summed E-state index contributed by atoms with van der Waals surface area (Å²) in [5.74, 6) is -11.8. The molecule has 3 aromatic rings. The number of fused-ring (bicyclic) bond motifs is 4. The number of hydrogen-bond acceptors (Lipinski definition) is 17. The quantitative estimate of drug-likeness (QED) is 0.152. The minimum atomic E-state index is -1.81. The third kappa shape index (κ3) is 15.2. The first-order chi connectivity index (χ1) is 43.8.